The molecule has 3 aromatic rings. The predicted molar refractivity (Wildman–Crippen MR) is 113 cm³/mol. The number of benzene rings is 3. The zero-order valence-corrected chi connectivity index (χ0v) is 15.8. The van der Waals surface area contributed by atoms with Crippen LogP contribution in [0.1, 0.15) is 0 Å². The molecule has 0 spiro atoms. The summed E-state index contributed by atoms with van der Waals surface area (Å²) in [7, 11) is 0. The van der Waals surface area contributed by atoms with Crippen LogP contribution in [0.15, 0.2) is 60.7 Å². The highest BCUT2D eigenvalue weighted by molar-refractivity contribution is 5.82. The van der Waals surface area contributed by atoms with Crippen LogP contribution in [0.25, 0.3) is 0 Å². The molecule has 14 heteroatoms. The van der Waals surface area contributed by atoms with Crippen molar-refractivity contribution in [2.45, 2.75) is 0 Å². The lowest BCUT2D eigenvalue weighted by Crippen LogP contribution is -2.03. The van der Waals surface area contributed by atoms with E-state index in [9.17, 15) is 40.5 Å². The highest BCUT2D eigenvalue weighted by atomic mass is 16.6. The number of hydrogen-bond acceptors (Lipinski definition) is 10. The highest BCUT2D eigenvalue weighted by Gasteiger charge is 2.26. The topological polar surface area (TPSA) is 197 Å². The number of anilines is 4. The van der Waals surface area contributed by atoms with Crippen molar-refractivity contribution in [1.82, 2.24) is 0 Å². The molecule has 0 amide bonds. The van der Waals surface area contributed by atoms with Gasteiger partial charge in [0, 0.05) is 35.6 Å². The first kappa shape index (κ1) is 21.6. The van der Waals surface area contributed by atoms with Gasteiger partial charge in [0.1, 0.15) is 0 Å². The largest absolute Gasteiger partial charge is 0.344 e. The smallest absolute Gasteiger partial charge is 0.299 e. The van der Waals surface area contributed by atoms with Gasteiger partial charge in [0.15, 0.2) is 11.4 Å². The fourth-order valence-electron chi connectivity index (χ4n) is 2.88. The molecule has 0 saturated carbocycles. The first-order chi connectivity index (χ1) is 15.2. The SMILES string of the molecule is O=[N+]([O-])c1cccc([N+](=O)[O-])c1Nc1cccc(Nc2c([N+](=O)[O-])cccc2[N+](=O)[O-])c1. The maximum Gasteiger partial charge on any atom is 0.299 e. The Bertz CT molecular complexity index is 1100. The Labute approximate surface area is 177 Å². The molecule has 0 atom stereocenters. The Hall–Kier alpha value is -5.14. The van der Waals surface area contributed by atoms with E-state index in [-0.39, 0.29) is 22.7 Å². The van der Waals surface area contributed by atoms with Crippen LogP contribution in [0.2, 0.25) is 0 Å². The summed E-state index contributed by atoms with van der Waals surface area (Å²) in [5, 5.41) is 50.4. The Kier molecular flexibility index (Phi) is 5.86. The monoisotopic (exact) mass is 440 g/mol. The number of nitro benzene ring substituents is 4. The van der Waals surface area contributed by atoms with Gasteiger partial charge in [0.2, 0.25) is 0 Å². The lowest BCUT2D eigenvalue weighted by atomic mass is 10.2. The van der Waals surface area contributed by atoms with Crippen LogP contribution in [0.3, 0.4) is 0 Å². The molecular weight excluding hydrogens is 428 g/mol. The third-order valence-corrected chi connectivity index (χ3v) is 4.23. The molecule has 14 nitrogen and oxygen atoms in total. The molecule has 32 heavy (non-hydrogen) atoms. The molecule has 0 heterocycles. The van der Waals surface area contributed by atoms with Crippen molar-refractivity contribution in [2.24, 2.45) is 0 Å². The molecule has 0 saturated heterocycles. The van der Waals surface area contributed by atoms with Crippen LogP contribution in [0, 0.1) is 40.5 Å². The van der Waals surface area contributed by atoms with Crippen molar-refractivity contribution in [3.05, 3.63) is 101 Å². The van der Waals surface area contributed by atoms with E-state index < -0.39 is 42.4 Å². The molecular formula is C18H12N6O8. The third-order valence-electron chi connectivity index (χ3n) is 4.23. The van der Waals surface area contributed by atoms with Gasteiger partial charge >= 0.3 is 0 Å². The van der Waals surface area contributed by atoms with Crippen LogP contribution in [-0.4, -0.2) is 19.7 Å². The molecule has 0 bridgehead atoms. The first-order valence-corrected chi connectivity index (χ1v) is 8.66. The van der Waals surface area contributed by atoms with E-state index in [0.717, 1.165) is 24.3 Å². The van der Waals surface area contributed by atoms with Gasteiger partial charge in [-0.3, -0.25) is 40.5 Å². The molecule has 0 aromatic heterocycles. The number of nitrogens with zero attached hydrogens (tertiary/aromatic N) is 4. The molecule has 0 aliphatic carbocycles. The Morgan fingerprint density at radius 3 is 1.06 bits per heavy atom. The van der Waals surface area contributed by atoms with Gasteiger partial charge in [-0.25, -0.2) is 0 Å². The Morgan fingerprint density at radius 1 is 0.500 bits per heavy atom. The van der Waals surface area contributed by atoms with E-state index in [1.807, 2.05) is 0 Å². The Morgan fingerprint density at radius 2 is 0.781 bits per heavy atom. The van der Waals surface area contributed by atoms with Crippen molar-refractivity contribution in [3.8, 4) is 0 Å². The van der Waals surface area contributed by atoms with E-state index in [1.54, 1.807) is 0 Å². The third kappa shape index (κ3) is 4.38. The normalized spacial score (nSPS) is 10.2. The van der Waals surface area contributed by atoms with E-state index in [1.165, 1.54) is 36.4 Å². The Balaban J connectivity index is 2.03. The zero-order chi connectivity index (χ0) is 23.4. The zero-order valence-electron chi connectivity index (χ0n) is 15.8. The minimum Gasteiger partial charge on any atom is -0.344 e. The maximum atomic E-state index is 11.3. The van der Waals surface area contributed by atoms with Crippen LogP contribution in [-0.2, 0) is 0 Å². The van der Waals surface area contributed by atoms with Crippen molar-refractivity contribution >= 4 is 45.5 Å². The lowest BCUT2D eigenvalue weighted by Gasteiger charge is -2.11. The minimum absolute atomic E-state index is 0.161. The van der Waals surface area contributed by atoms with E-state index >= 15 is 0 Å². The van der Waals surface area contributed by atoms with Gasteiger partial charge in [-0.2, -0.15) is 0 Å². The summed E-state index contributed by atoms with van der Waals surface area (Å²) in [4.78, 5) is 42.1. The summed E-state index contributed by atoms with van der Waals surface area (Å²) >= 11 is 0. The quantitative estimate of drug-likeness (QED) is 0.362. The number of para-hydroxylation sites is 2. The van der Waals surface area contributed by atoms with Crippen LogP contribution >= 0.6 is 0 Å². The van der Waals surface area contributed by atoms with Crippen LogP contribution < -0.4 is 10.6 Å². The second-order valence-electron chi connectivity index (χ2n) is 6.20. The minimum atomic E-state index is -0.784. The molecule has 162 valence electrons. The molecule has 0 radical (unpaired) electrons. The maximum absolute atomic E-state index is 11.3. The van der Waals surface area contributed by atoms with E-state index in [2.05, 4.69) is 10.6 Å². The van der Waals surface area contributed by atoms with Crippen LogP contribution in [0.5, 0.6) is 0 Å². The van der Waals surface area contributed by atoms with Gasteiger partial charge in [0.05, 0.1) is 19.7 Å². The van der Waals surface area contributed by atoms with Gasteiger partial charge in [0.25, 0.3) is 22.7 Å². The van der Waals surface area contributed by atoms with Crippen molar-refractivity contribution in [1.29, 1.82) is 0 Å². The van der Waals surface area contributed by atoms with Crippen LogP contribution in [0.4, 0.5) is 45.5 Å². The van der Waals surface area contributed by atoms with Crippen molar-refractivity contribution < 1.29 is 19.7 Å². The average Bonchev–Trinajstić information content (AvgIpc) is 2.73. The summed E-state index contributed by atoms with van der Waals surface area (Å²) in [5.41, 5.74) is -2.55. The van der Waals surface area contributed by atoms with Gasteiger partial charge in [-0.15, -0.1) is 0 Å². The summed E-state index contributed by atoms with van der Waals surface area (Å²) in [6.45, 7) is 0. The van der Waals surface area contributed by atoms with Gasteiger partial charge < -0.3 is 10.6 Å². The fraction of sp³-hybridized carbons (Fsp3) is 0. The second-order valence-corrected chi connectivity index (χ2v) is 6.20. The molecule has 3 aromatic carbocycles. The average molecular weight is 440 g/mol. The second kappa shape index (κ2) is 8.70. The fourth-order valence-corrected chi connectivity index (χ4v) is 2.88. The summed E-state index contributed by atoms with van der Waals surface area (Å²) in [5.74, 6) is 0. The number of rotatable bonds is 8. The summed E-state index contributed by atoms with van der Waals surface area (Å²) < 4.78 is 0. The molecule has 0 aliphatic rings. The standard InChI is InChI=1S/C18H12N6O8/c25-21(26)13-6-2-7-14(22(27)28)17(13)19-11-4-1-5-12(10-11)20-18-15(23(29)30)8-3-9-16(18)24(31)32/h1-10,19-20H. The lowest BCUT2D eigenvalue weighted by molar-refractivity contribution is -0.392. The number of hydrogen-bond donors (Lipinski definition) is 2. The highest BCUT2D eigenvalue weighted by Crippen LogP contribution is 2.39. The molecule has 0 aliphatic heterocycles. The van der Waals surface area contributed by atoms with E-state index in [4.69, 9.17) is 0 Å². The van der Waals surface area contributed by atoms with Gasteiger partial charge in [-0.05, 0) is 30.3 Å². The number of nitrogens with one attached hydrogen (secondary N) is 2. The van der Waals surface area contributed by atoms with E-state index in [0.29, 0.717) is 0 Å². The predicted octanol–water partition coefficient (Wildman–Crippen LogP) is 4.81. The molecule has 3 rings (SSSR count). The molecule has 0 fully saturated rings. The summed E-state index contributed by atoms with van der Waals surface area (Å²) in [6, 6.07) is 12.4. The molecule has 2 N–H and O–H groups in total. The number of nitro groups is 4. The van der Waals surface area contributed by atoms with Gasteiger partial charge in [-0.1, -0.05) is 6.07 Å². The van der Waals surface area contributed by atoms with Crippen molar-refractivity contribution in [3.63, 3.8) is 0 Å². The summed E-state index contributed by atoms with van der Waals surface area (Å²) in [6.07, 6.45) is 0. The molecule has 0 unspecified atom stereocenters. The van der Waals surface area contributed by atoms with Crippen molar-refractivity contribution in [2.75, 3.05) is 10.6 Å². The first-order valence-electron chi connectivity index (χ1n) is 8.66.